The van der Waals surface area contributed by atoms with Crippen molar-refractivity contribution >= 4 is 17.8 Å². The van der Waals surface area contributed by atoms with Crippen molar-refractivity contribution in [3.63, 3.8) is 0 Å². The lowest BCUT2D eigenvalue weighted by Gasteiger charge is -2.36. The Hall–Kier alpha value is -3.16. The van der Waals surface area contributed by atoms with E-state index in [9.17, 15) is 4.79 Å². The molecule has 2 aliphatic heterocycles. The minimum Gasteiger partial charge on any atom is -0.404 e. The molecule has 0 bridgehead atoms. The monoisotopic (exact) mass is 437 g/mol. The summed E-state index contributed by atoms with van der Waals surface area (Å²) in [7, 11) is 2.02. The van der Waals surface area contributed by atoms with Gasteiger partial charge in [-0.25, -0.2) is 4.99 Å². The fourth-order valence-electron chi connectivity index (χ4n) is 3.92. The molecule has 2 N–H and O–H groups in total. The third-order valence-electron chi connectivity index (χ3n) is 5.97. The number of likely N-dealkylation sites (N-methyl/N-ethyl adjacent to an activating group) is 1. The van der Waals surface area contributed by atoms with Gasteiger partial charge < -0.3 is 15.5 Å². The van der Waals surface area contributed by atoms with Crippen LogP contribution in [-0.2, 0) is 4.79 Å². The largest absolute Gasteiger partial charge is 0.404 e. The molecule has 1 fully saturated rings. The third kappa shape index (κ3) is 5.00. The van der Waals surface area contributed by atoms with Crippen LogP contribution in [0.2, 0.25) is 0 Å². The number of carbonyl (C=O) groups excluding carboxylic acids is 1. The van der Waals surface area contributed by atoms with Crippen LogP contribution in [0.4, 0.5) is 0 Å². The van der Waals surface area contributed by atoms with Crippen LogP contribution in [0.25, 0.3) is 0 Å². The summed E-state index contributed by atoms with van der Waals surface area (Å²) < 4.78 is 2.04. The molecule has 0 saturated carbocycles. The van der Waals surface area contributed by atoms with Gasteiger partial charge in [0.1, 0.15) is 0 Å². The number of hydrogen-bond acceptors (Lipinski definition) is 6. The second-order valence-corrected chi connectivity index (χ2v) is 8.24. The van der Waals surface area contributed by atoms with E-state index in [-0.39, 0.29) is 11.9 Å². The van der Waals surface area contributed by atoms with Gasteiger partial charge in [-0.1, -0.05) is 26.8 Å². The van der Waals surface area contributed by atoms with Crippen LogP contribution in [0.5, 0.6) is 0 Å². The van der Waals surface area contributed by atoms with E-state index in [0.29, 0.717) is 19.1 Å². The normalized spacial score (nSPS) is 19.1. The first-order valence-corrected chi connectivity index (χ1v) is 11.4. The van der Waals surface area contributed by atoms with Crippen LogP contribution in [0.15, 0.2) is 57.8 Å². The maximum Gasteiger partial charge on any atom is 0.219 e. The van der Waals surface area contributed by atoms with Crippen molar-refractivity contribution in [2.45, 2.75) is 59.0 Å². The summed E-state index contributed by atoms with van der Waals surface area (Å²) in [5, 5.41) is 4.62. The molecule has 0 spiro atoms. The first kappa shape index (κ1) is 23.5. The van der Waals surface area contributed by atoms with E-state index >= 15 is 0 Å². The maximum atomic E-state index is 11.4. The predicted molar refractivity (Wildman–Crippen MR) is 129 cm³/mol. The molecule has 0 aliphatic carbocycles. The van der Waals surface area contributed by atoms with E-state index in [1.165, 1.54) is 6.20 Å². The highest BCUT2D eigenvalue weighted by molar-refractivity contribution is 6.13. The molecule has 0 aromatic carbocycles. The molecule has 3 heterocycles. The van der Waals surface area contributed by atoms with Gasteiger partial charge in [0.15, 0.2) is 0 Å². The van der Waals surface area contributed by atoms with E-state index in [2.05, 4.69) is 48.0 Å². The lowest BCUT2D eigenvalue weighted by molar-refractivity contribution is -0.132. The first-order valence-electron chi connectivity index (χ1n) is 11.4. The number of carbonyl (C=O) groups is 1. The van der Waals surface area contributed by atoms with Gasteiger partial charge in [-0.2, -0.15) is 5.10 Å². The second-order valence-electron chi connectivity index (χ2n) is 8.24. The van der Waals surface area contributed by atoms with Gasteiger partial charge in [-0.05, 0) is 19.3 Å². The Bertz CT molecular complexity index is 972. The Morgan fingerprint density at radius 2 is 2.03 bits per heavy atom. The average Bonchev–Trinajstić information content (AvgIpc) is 3.21. The summed E-state index contributed by atoms with van der Waals surface area (Å²) in [4.78, 5) is 24.8. The van der Waals surface area contributed by atoms with Gasteiger partial charge in [-0.15, -0.1) is 0 Å². The van der Waals surface area contributed by atoms with Crippen molar-refractivity contribution in [1.82, 2.24) is 19.6 Å². The summed E-state index contributed by atoms with van der Waals surface area (Å²) >= 11 is 0. The van der Waals surface area contributed by atoms with E-state index in [4.69, 9.17) is 10.7 Å². The molecule has 8 nitrogen and oxygen atoms in total. The van der Waals surface area contributed by atoms with Crippen LogP contribution < -0.4 is 5.73 Å². The van der Waals surface area contributed by atoms with Crippen LogP contribution in [0.1, 0.15) is 58.6 Å². The fourth-order valence-corrected chi connectivity index (χ4v) is 3.92. The van der Waals surface area contributed by atoms with Crippen molar-refractivity contribution in [3.05, 3.63) is 53.4 Å². The summed E-state index contributed by atoms with van der Waals surface area (Å²) in [6.07, 6.45) is 14.4. The number of amides is 1. The highest BCUT2D eigenvalue weighted by atomic mass is 16.2. The smallest absolute Gasteiger partial charge is 0.219 e. The zero-order valence-electron chi connectivity index (χ0n) is 19.8. The minimum atomic E-state index is 0.0843. The Morgan fingerprint density at radius 1 is 1.31 bits per heavy atom. The molecular formula is C24H35N7O. The van der Waals surface area contributed by atoms with Crippen LogP contribution in [-0.4, -0.2) is 63.6 Å². The number of aliphatic imine (C=N–C) groups is 2. The van der Waals surface area contributed by atoms with Crippen LogP contribution in [0, 0.1) is 0 Å². The lowest BCUT2D eigenvalue weighted by Crippen LogP contribution is -2.51. The Balaban J connectivity index is 1.88. The summed E-state index contributed by atoms with van der Waals surface area (Å²) in [6.45, 7) is 9.36. The number of allylic oxidation sites excluding steroid dienone is 3. The Morgan fingerprint density at radius 3 is 2.62 bits per heavy atom. The molecule has 1 aromatic heterocycles. The quantitative estimate of drug-likeness (QED) is 0.632. The topological polar surface area (TPSA) is 92.1 Å². The molecule has 1 amide bonds. The predicted octanol–water partition coefficient (Wildman–Crippen LogP) is 3.26. The Kier molecular flexibility index (Phi) is 7.66. The number of hydrogen-bond donors (Lipinski definition) is 1. The molecule has 2 aliphatic rings. The standard InChI is InChI=1S/C24H35N7O/c1-6-9-23-24(19-12-27-31(13-19)21(7-2)8-3)28-22(16-29(23)5)18(10-25)11-26-20-14-30(15-20)17(4)32/h9-13,16,20-21H,6-8,14-15,25H2,1-5H3/b18-10?,23-9-,26-11?. The van der Waals surface area contributed by atoms with Crippen molar-refractivity contribution < 1.29 is 4.79 Å². The van der Waals surface area contributed by atoms with E-state index in [1.54, 1.807) is 18.0 Å². The molecule has 3 rings (SSSR count). The molecule has 1 saturated heterocycles. The van der Waals surface area contributed by atoms with Gasteiger partial charge in [0.25, 0.3) is 0 Å². The highest BCUT2D eigenvalue weighted by Gasteiger charge is 2.28. The second kappa shape index (κ2) is 10.4. The van der Waals surface area contributed by atoms with Crippen molar-refractivity contribution in [2.24, 2.45) is 15.7 Å². The van der Waals surface area contributed by atoms with Crippen molar-refractivity contribution in [3.8, 4) is 0 Å². The van der Waals surface area contributed by atoms with Gasteiger partial charge in [0, 0.05) is 63.0 Å². The number of nitrogens with zero attached hydrogens (tertiary/aromatic N) is 6. The fraction of sp³-hybridized carbons (Fsp3) is 0.500. The average molecular weight is 438 g/mol. The van der Waals surface area contributed by atoms with Crippen LogP contribution >= 0.6 is 0 Å². The Labute approximate surface area is 190 Å². The van der Waals surface area contributed by atoms with E-state index in [1.807, 2.05) is 24.1 Å². The van der Waals surface area contributed by atoms with Gasteiger partial charge in [-0.3, -0.25) is 14.5 Å². The van der Waals surface area contributed by atoms with Gasteiger partial charge in [0.05, 0.1) is 35.4 Å². The highest BCUT2D eigenvalue weighted by Crippen LogP contribution is 2.26. The number of rotatable bonds is 8. The molecule has 1 aromatic rings. The van der Waals surface area contributed by atoms with Gasteiger partial charge in [0.2, 0.25) is 5.91 Å². The molecule has 8 heteroatoms. The number of likely N-dealkylation sites (tertiary alicyclic amines) is 1. The third-order valence-corrected chi connectivity index (χ3v) is 5.97. The SMILES string of the molecule is CC/C=C1/C(c2cnn(C(CC)CC)c2)=NC(C(C=NC2CN(C(C)=O)C2)=CN)=CN1C. The zero-order valence-corrected chi connectivity index (χ0v) is 19.8. The molecule has 172 valence electrons. The number of aromatic nitrogens is 2. The minimum absolute atomic E-state index is 0.0843. The summed E-state index contributed by atoms with van der Waals surface area (Å²) in [5.41, 5.74) is 10.4. The van der Waals surface area contributed by atoms with Gasteiger partial charge >= 0.3 is 0 Å². The molecule has 0 unspecified atom stereocenters. The summed E-state index contributed by atoms with van der Waals surface area (Å²) in [5.74, 6) is 0.0843. The van der Waals surface area contributed by atoms with E-state index in [0.717, 1.165) is 47.5 Å². The molecule has 0 atom stereocenters. The number of nitrogens with two attached hydrogens (primary N) is 1. The van der Waals surface area contributed by atoms with Crippen LogP contribution in [0.3, 0.4) is 0 Å². The van der Waals surface area contributed by atoms with Crippen molar-refractivity contribution in [1.29, 1.82) is 0 Å². The van der Waals surface area contributed by atoms with Crippen molar-refractivity contribution in [2.75, 3.05) is 20.1 Å². The lowest BCUT2D eigenvalue weighted by atomic mass is 10.1. The molecular weight excluding hydrogens is 402 g/mol. The molecule has 0 radical (unpaired) electrons. The molecule has 32 heavy (non-hydrogen) atoms. The van der Waals surface area contributed by atoms with E-state index < -0.39 is 0 Å². The maximum absolute atomic E-state index is 11.4. The first-order chi connectivity index (χ1) is 15.4. The zero-order chi connectivity index (χ0) is 23.3. The summed E-state index contributed by atoms with van der Waals surface area (Å²) in [6, 6.07) is 0.482.